The molecule has 0 spiro atoms. The summed E-state index contributed by atoms with van der Waals surface area (Å²) in [5.74, 6) is -0.915. The molecule has 5 fully saturated rings. The number of fused-ring (bicyclic) bond motifs is 2. The molecule has 3 N–H and O–H groups in total. The molecule has 5 aliphatic rings. The number of rotatable bonds is 7. The van der Waals surface area contributed by atoms with Gasteiger partial charge in [-0.05, 0) is 40.4 Å². The first-order chi connectivity index (χ1) is 17.4. The van der Waals surface area contributed by atoms with Crippen LogP contribution in [0.4, 0.5) is 0 Å². The third-order valence-electron chi connectivity index (χ3n) is 7.29. The third kappa shape index (κ3) is 5.33. The largest absolute Gasteiger partial charge is 0.393 e. The molecule has 5 heterocycles. The average Bonchev–Trinajstić information content (AvgIpc) is 3.41. The van der Waals surface area contributed by atoms with Gasteiger partial charge in [0.25, 0.3) is 0 Å². The minimum atomic E-state index is -1.37. The maximum atomic E-state index is 11.2. The van der Waals surface area contributed by atoms with E-state index in [1.165, 1.54) is 0 Å². The SMILES string of the molecule is CCS[C@@H]1O[C@@H](C)[C@H](O[C@@H]2OC[C@@H](O)[C@H](O[C@@H]3OC[C@@]4(CO)OC(C)(C)O[C@@H]34)[C@H]2O)[C@H]2OC(C)(C)O[C@H]21. The minimum Gasteiger partial charge on any atom is -0.393 e. The highest BCUT2D eigenvalue weighted by Crippen LogP contribution is 2.45. The van der Waals surface area contributed by atoms with Gasteiger partial charge in [0.1, 0.15) is 53.8 Å². The highest BCUT2D eigenvalue weighted by molar-refractivity contribution is 7.99. The van der Waals surface area contributed by atoms with E-state index in [1.54, 1.807) is 25.6 Å². The summed E-state index contributed by atoms with van der Waals surface area (Å²) in [6, 6.07) is 0. The summed E-state index contributed by atoms with van der Waals surface area (Å²) in [5.41, 5.74) is -1.31. The zero-order valence-corrected chi connectivity index (χ0v) is 22.9. The van der Waals surface area contributed by atoms with Crippen LogP contribution in [-0.4, -0.2) is 125 Å². The van der Waals surface area contributed by atoms with Crippen LogP contribution in [0, 0.1) is 0 Å². The fraction of sp³-hybridized carbons (Fsp3) is 1.00. The first-order valence-electron chi connectivity index (χ1n) is 12.9. The van der Waals surface area contributed by atoms with Crippen molar-refractivity contribution in [2.45, 2.75) is 126 Å². The lowest BCUT2D eigenvalue weighted by molar-refractivity contribution is -0.332. The van der Waals surface area contributed by atoms with Gasteiger partial charge in [-0.3, -0.25) is 0 Å². The maximum absolute atomic E-state index is 11.2. The molecule has 0 amide bonds. The second-order valence-corrected chi connectivity index (χ2v) is 12.5. The zero-order chi connectivity index (χ0) is 26.8. The molecule has 0 aromatic rings. The number of hydrogen-bond acceptors (Lipinski definition) is 13. The minimum absolute atomic E-state index is 0.0433. The smallest absolute Gasteiger partial charge is 0.187 e. The molecule has 13 heteroatoms. The second kappa shape index (κ2) is 10.4. The number of aliphatic hydroxyl groups excluding tert-OH is 3. The molecule has 0 aromatic heterocycles. The van der Waals surface area contributed by atoms with Crippen molar-refractivity contribution in [3.63, 3.8) is 0 Å². The molecule has 0 aliphatic carbocycles. The highest BCUT2D eigenvalue weighted by Gasteiger charge is 2.63. The lowest BCUT2D eigenvalue weighted by Crippen LogP contribution is -2.61. The Labute approximate surface area is 221 Å². The lowest BCUT2D eigenvalue weighted by Gasteiger charge is -2.44. The van der Waals surface area contributed by atoms with Crippen molar-refractivity contribution in [2.75, 3.05) is 25.6 Å². The van der Waals surface area contributed by atoms with Gasteiger partial charge in [-0.2, -0.15) is 0 Å². The first-order valence-corrected chi connectivity index (χ1v) is 14.0. The fourth-order valence-electron chi connectivity index (χ4n) is 5.76. The molecule has 0 aromatic carbocycles. The van der Waals surface area contributed by atoms with E-state index in [4.69, 9.17) is 42.6 Å². The van der Waals surface area contributed by atoms with E-state index < -0.39 is 66.4 Å². The third-order valence-corrected chi connectivity index (χ3v) is 8.33. The Morgan fingerprint density at radius 1 is 0.919 bits per heavy atom. The molecule has 5 saturated heterocycles. The monoisotopic (exact) mass is 552 g/mol. The van der Waals surface area contributed by atoms with Gasteiger partial charge in [-0.25, -0.2) is 0 Å². The molecule has 5 aliphatic heterocycles. The summed E-state index contributed by atoms with van der Waals surface area (Å²) >= 11 is 1.64. The van der Waals surface area contributed by atoms with Crippen LogP contribution in [0.3, 0.4) is 0 Å². The maximum Gasteiger partial charge on any atom is 0.187 e. The van der Waals surface area contributed by atoms with Crippen molar-refractivity contribution in [3.05, 3.63) is 0 Å². The van der Waals surface area contributed by atoms with E-state index in [2.05, 4.69) is 6.92 Å². The van der Waals surface area contributed by atoms with Crippen LogP contribution in [0.25, 0.3) is 0 Å². The zero-order valence-electron chi connectivity index (χ0n) is 22.1. The van der Waals surface area contributed by atoms with Crippen LogP contribution < -0.4 is 0 Å². The summed E-state index contributed by atoms with van der Waals surface area (Å²) in [6.45, 7) is 10.7. The Bertz CT molecular complexity index is 815. The predicted molar refractivity (Wildman–Crippen MR) is 127 cm³/mol. The van der Waals surface area contributed by atoms with E-state index in [9.17, 15) is 15.3 Å². The normalized spacial score (nSPS) is 50.7. The van der Waals surface area contributed by atoms with Crippen molar-refractivity contribution in [2.24, 2.45) is 0 Å². The van der Waals surface area contributed by atoms with E-state index in [0.717, 1.165) is 5.75 Å². The summed E-state index contributed by atoms with van der Waals surface area (Å²) in [7, 11) is 0. The van der Waals surface area contributed by atoms with Gasteiger partial charge in [-0.1, -0.05) is 6.92 Å². The molecular formula is C24H40O12S. The number of hydrogen-bond donors (Lipinski definition) is 3. The molecular weight excluding hydrogens is 512 g/mol. The van der Waals surface area contributed by atoms with Crippen LogP contribution in [0.2, 0.25) is 0 Å². The molecule has 5 rings (SSSR count). The molecule has 0 bridgehead atoms. The Morgan fingerprint density at radius 2 is 1.62 bits per heavy atom. The fourth-order valence-corrected chi connectivity index (χ4v) is 6.74. The summed E-state index contributed by atoms with van der Waals surface area (Å²) < 4.78 is 54.1. The Morgan fingerprint density at radius 3 is 2.32 bits per heavy atom. The number of thioether (sulfide) groups is 1. The van der Waals surface area contributed by atoms with Crippen LogP contribution in [0.1, 0.15) is 41.5 Å². The predicted octanol–water partition coefficient (Wildman–Crippen LogP) is 0.0918. The van der Waals surface area contributed by atoms with E-state index in [1.807, 2.05) is 20.8 Å². The van der Waals surface area contributed by atoms with Gasteiger partial charge < -0.3 is 58.0 Å². The van der Waals surface area contributed by atoms with E-state index in [0.29, 0.717) is 0 Å². The first kappa shape index (κ1) is 28.4. The van der Waals surface area contributed by atoms with Gasteiger partial charge in [0.2, 0.25) is 0 Å². The summed E-state index contributed by atoms with van der Waals surface area (Å²) in [5, 5.41) is 31.8. The Hall–Kier alpha value is -0.130. The van der Waals surface area contributed by atoms with Gasteiger partial charge in [-0.15, -0.1) is 11.8 Å². The molecule has 214 valence electrons. The van der Waals surface area contributed by atoms with E-state index >= 15 is 0 Å². The standard InChI is InChI=1S/C24H40O12S/c1-7-37-21-17-16(33-22(3,4)34-17)14(11(2)30-21)31-19-13(27)15(12(26)8-28-19)32-20-18-24(9-25,10-29-20)36-23(5,6)35-18/h11-21,25-27H,7-10H2,1-6H3/t11-,12+,13+,14-,15-,16+,17+,18-,19-,20-,21-,24+/m0/s1. The van der Waals surface area contributed by atoms with Crippen molar-refractivity contribution in [1.29, 1.82) is 0 Å². The highest BCUT2D eigenvalue weighted by atomic mass is 32.2. The number of aliphatic hydroxyl groups is 3. The molecule has 0 saturated carbocycles. The van der Waals surface area contributed by atoms with Crippen LogP contribution >= 0.6 is 11.8 Å². The molecule has 12 nitrogen and oxygen atoms in total. The topological polar surface area (TPSA) is 144 Å². The van der Waals surface area contributed by atoms with Crippen molar-refractivity contribution in [1.82, 2.24) is 0 Å². The van der Waals surface area contributed by atoms with Crippen LogP contribution in [-0.2, 0) is 42.6 Å². The van der Waals surface area contributed by atoms with Crippen LogP contribution in [0.5, 0.6) is 0 Å². The molecule has 0 radical (unpaired) electrons. The Balaban J connectivity index is 1.28. The van der Waals surface area contributed by atoms with Gasteiger partial charge in [0.05, 0.1) is 25.9 Å². The second-order valence-electron chi connectivity index (χ2n) is 11.1. The van der Waals surface area contributed by atoms with Gasteiger partial charge >= 0.3 is 0 Å². The van der Waals surface area contributed by atoms with Crippen molar-refractivity contribution >= 4 is 11.8 Å². The Kier molecular flexibility index (Phi) is 7.96. The van der Waals surface area contributed by atoms with E-state index in [-0.39, 0.29) is 37.5 Å². The van der Waals surface area contributed by atoms with Crippen molar-refractivity contribution < 1.29 is 58.0 Å². The van der Waals surface area contributed by atoms with Crippen molar-refractivity contribution in [3.8, 4) is 0 Å². The molecule has 0 unspecified atom stereocenters. The summed E-state index contributed by atoms with van der Waals surface area (Å²) in [4.78, 5) is 0. The average molecular weight is 553 g/mol. The van der Waals surface area contributed by atoms with Gasteiger partial charge in [0.15, 0.2) is 24.2 Å². The van der Waals surface area contributed by atoms with Gasteiger partial charge in [0, 0.05) is 0 Å². The molecule has 37 heavy (non-hydrogen) atoms. The van der Waals surface area contributed by atoms with Crippen LogP contribution in [0.15, 0.2) is 0 Å². The summed E-state index contributed by atoms with van der Waals surface area (Å²) in [6.07, 6.45) is -8.27. The number of ether oxygens (including phenoxy) is 9. The quantitative estimate of drug-likeness (QED) is 0.393. The lowest BCUT2D eigenvalue weighted by atomic mass is 9.99. The molecule has 12 atom stereocenters.